The number of carbonyl (C=O) groups is 3. The number of carbonyl (C=O) groups excluding carboxylic acids is 2. The molecule has 1 aromatic carbocycles. The Morgan fingerprint density at radius 1 is 1.00 bits per heavy atom. The molecule has 40 heavy (non-hydrogen) atoms. The number of nitrogens with one attached hydrogen (secondary N) is 2. The number of aliphatic carboxylic acids is 1. The molecule has 0 saturated heterocycles. The minimum absolute atomic E-state index is 0.00865. The predicted molar refractivity (Wildman–Crippen MR) is 149 cm³/mol. The summed E-state index contributed by atoms with van der Waals surface area (Å²) in [5, 5.41) is 15.9. The lowest BCUT2D eigenvalue weighted by Gasteiger charge is -2.34. The lowest BCUT2D eigenvalue weighted by Crippen LogP contribution is -2.53. The Kier molecular flexibility index (Phi) is 9.00. The summed E-state index contributed by atoms with van der Waals surface area (Å²) in [6.45, 7) is 10.1. The van der Waals surface area contributed by atoms with Gasteiger partial charge in [-0.25, -0.2) is 4.39 Å². The van der Waals surface area contributed by atoms with Gasteiger partial charge in [-0.05, 0) is 81.6 Å². The maximum absolute atomic E-state index is 15.0. The number of carboxylic acid groups (broad SMARTS) is 1. The van der Waals surface area contributed by atoms with E-state index in [-0.39, 0.29) is 58.9 Å². The summed E-state index contributed by atoms with van der Waals surface area (Å²) >= 11 is 0. The van der Waals surface area contributed by atoms with E-state index < -0.39 is 23.1 Å². The number of hydrogen-bond acceptors (Lipinski definition) is 5. The molecule has 3 aliphatic carbocycles. The lowest BCUT2D eigenvalue weighted by atomic mass is 9.75. The molecule has 4 rings (SSSR count). The van der Waals surface area contributed by atoms with Gasteiger partial charge in [-0.15, -0.1) is 0 Å². The van der Waals surface area contributed by atoms with Crippen LogP contribution in [0.5, 0.6) is 11.5 Å². The van der Waals surface area contributed by atoms with Crippen LogP contribution in [0.2, 0.25) is 0 Å². The fourth-order valence-electron chi connectivity index (χ4n) is 7.18. The van der Waals surface area contributed by atoms with Crippen LogP contribution in [-0.2, 0) is 9.59 Å². The highest BCUT2D eigenvalue weighted by Gasteiger charge is 2.52. The zero-order chi connectivity index (χ0) is 29.4. The van der Waals surface area contributed by atoms with Crippen molar-refractivity contribution in [2.45, 2.75) is 97.8 Å². The van der Waals surface area contributed by atoms with Gasteiger partial charge in [0.25, 0.3) is 5.91 Å². The van der Waals surface area contributed by atoms with E-state index in [1.54, 1.807) is 6.92 Å². The smallest absolute Gasteiger partial charge is 0.309 e. The van der Waals surface area contributed by atoms with Crippen molar-refractivity contribution in [3.05, 3.63) is 23.5 Å². The standard InChI is InChI=1S/C31H45FN2O6/c1-16(2)26(17(3)4)33-29(36)25-18-7-8-19(13-18)27(25)34-28(35)21-14-24(22(32)15-23(21)39-6)40-20-9-11-31(5,12-10-20)30(37)38/h14-20,25-27H,7-13H2,1-6H3,(H,33,36)(H,34,35)(H,37,38). The van der Waals surface area contributed by atoms with Gasteiger partial charge in [0.1, 0.15) is 5.75 Å². The average molecular weight is 561 g/mol. The van der Waals surface area contributed by atoms with Crippen molar-refractivity contribution >= 4 is 17.8 Å². The molecule has 2 bridgehead atoms. The van der Waals surface area contributed by atoms with Gasteiger partial charge >= 0.3 is 5.97 Å². The highest BCUT2D eigenvalue weighted by atomic mass is 19.1. The Morgan fingerprint density at radius 3 is 2.20 bits per heavy atom. The van der Waals surface area contributed by atoms with Crippen molar-refractivity contribution in [2.75, 3.05) is 7.11 Å². The first-order valence-electron chi connectivity index (χ1n) is 14.7. The van der Waals surface area contributed by atoms with E-state index in [2.05, 4.69) is 38.3 Å². The maximum Gasteiger partial charge on any atom is 0.309 e. The van der Waals surface area contributed by atoms with Crippen molar-refractivity contribution in [1.29, 1.82) is 0 Å². The van der Waals surface area contributed by atoms with Crippen LogP contribution in [0.3, 0.4) is 0 Å². The molecule has 222 valence electrons. The van der Waals surface area contributed by atoms with E-state index in [0.717, 1.165) is 25.3 Å². The highest BCUT2D eigenvalue weighted by molar-refractivity contribution is 5.98. The minimum Gasteiger partial charge on any atom is -0.496 e. The van der Waals surface area contributed by atoms with E-state index >= 15 is 0 Å². The van der Waals surface area contributed by atoms with Crippen molar-refractivity contribution in [3.63, 3.8) is 0 Å². The molecule has 4 atom stereocenters. The fourth-order valence-corrected chi connectivity index (χ4v) is 7.18. The van der Waals surface area contributed by atoms with Crippen LogP contribution in [-0.4, -0.2) is 48.2 Å². The summed E-state index contributed by atoms with van der Waals surface area (Å²) in [4.78, 5) is 38.7. The zero-order valence-corrected chi connectivity index (χ0v) is 24.6. The molecule has 2 amide bonds. The number of halogens is 1. The molecule has 0 aliphatic heterocycles. The predicted octanol–water partition coefficient (Wildman–Crippen LogP) is 5.19. The molecule has 0 aromatic heterocycles. The van der Waals surface area contributed by atoms with Crippen LogP contribution in [0.1, 0.15) is 89.9 Å². The number of amides is 2. The molecular formula is C31H45FN2O6. The second-order valence-corrected chi connectivity index (χ2v) is 13.0. The molecule has 0 radical (unpaired) electrons. The monoisotopic (exact) mass is 560 g/mol. The minimum atomic E-state index is -0.836. The van der Waals surface area contributed by atoms with Crippen LogP contribution in [0, 0.1) is 40.8 Å². The molecule has 8 nitrogen and oxygen atoms in total. The molecule has 3 fully saturated rings. The van der Waals surface area contributed by atoms with Crippen molar-refractivity contribution in [2.24, 2.45) is 35.0 Å². The summed E-state index contributed by atoms with van der Waals surface area (Å²) in [6.07, 6.45) is 4.31. The Labute approximate surface area is 236 Å². The average Bonchev–Trinajstić information content (AvgIpc) is 3.51. The van der Waals surface area contributed by atoms with E-state index in [0.29, 0.717) is 37.5 Å². The number of carboxylic acids is 1. The number of fused-ring (bicyclic) bond motifs is 2. The van der Waals surface area contributed by atoms with Gasteiger partial charge in [-0.2, -0.15) is 0 Å². The fraction of sp³-hybridized carbons (Fsp3) is 0.710. The summed E-state index contributed by atoms with van der Waals surface area (Å²) in [5.74, 6) is -1.17. The SMILES string of the molecule is COc1cc(F)c(OC2CCC(C)(C(=O)O)CC2)cc1C(=O)NC1C2CCC(C2)C1C(=O)NC(C(C)C)C(C)C. The lowest BCUT2D eigenvalue weighted by molar-refractivity contribution is -0.150. The van der Waals surface area contributed by atoms with Crippen molar-refractivity contribution in [1.82, 2.24) is 10.6 Å². The largest absolute Gasteiger partial charge is 0.496 e. The number of ether oxygens (including phenoxy) is 2. The van der Waals surface area contributed by atoms with Gasteiger partial charge in [0.15, 0.2) is 11.6 Å². The molecule has 3 aliphatic rings. The highest BCUT2D eigenvalue weighted by Crippen LogP contribution is 2.49. The van der Waals surface area contributed by atoms with Crippen LogP contribution < -0.4 is 20.1 Å². The molecule has 3 saturated carbocycles. The molecule has 0 heterocycles. The van der Waals surface area contributed by atoms with Crippen LogP contribution >= 0.6 is 0 Å². The summed E-state index contributed by atoms with van der Waals surface area (Å²) in [7, 11) is 1.38. The summed E-state index contributed by atoms with van der Waals surface area (Å²) in [6, 6.07) is 2.25. The second-order valence-electron chi connectivity index (χ2n) is 13.0. The van der Waals surface area contributed by atoms with Gasteiger partial charge in [0.2, 0.25) is 5.91 Å². The zero-order valence-electron chi connectivity index (χ0n) is 24.6. The van der Waals surface area contributed by atoms with Gasteiger partial charge in [-0.3, -0.25) is 14.4 Å². The molecule has 0 spiro atoms. The van der Waals surface area contributed by atoms with Crippen LogP contribution in [0.15, 0.2) is 12.1 Å². The van der Waals surface area contributed by atoms with Gasteiger partial charge in [0.05, 0.1) is 30.1 Å². The first-order valence-corrected chi connectivity index (χ1v) is 14.7. The summed E-state index contributed by atoms with van der Waals surface area (Å²) in [5.41, 5.74) is -0.661. The van der Waals surface area contributed by atoms with Gasteiger partial charge in [-0.1, -0.05) is 27.7 Å². The molecule has 9 heteroatoms. The van der Waals surface area contributed by atoms with Gasteiger partial charge < -0.3 is 25.2 Å². The first kappa shape index (κ1) is 30.1. The van der Waals surface area contributed by atoms with E-state index in [4.69, 9.17) is 9.47 Å². The van der Waals surface area contributed by atoms with E-state index in [1.807, 2.05) is 0 Å². The topological polar surface area (TPSA) is 114 Å². The third-order valence-corrected chi connectivity index (χ3v) is 9.61. The number of hydrogen-bond donors (Lipinski definition) is 3. The third-order valence-electron chi connectivity index (χ3n) is 9.61. The van der Waals surface area contributed by atoms with E-state index in [1.165, 1.54) is 13.2 Å². The quantitative estimate of drug-likeness (QED) is 0.363. The normalized spacial score (nSPS) is 29.6. The Hall–Kier alpha value is -2.84. The second kappa shape index (κ2) is 12.0. The Balaban J connectivity index is 1.50. The molecular weight excluding hydrogens is 515 g/mol. The van der Waals surface area contributed by atoms with Crippen molar-refractivity contribution < 1.29 is 33.4 Å². The first-order chi connectivity index (χ1) is 18.8. The molecule has 4 unspecified atom stereocenters. The van der Waals surface area contributed by atoms with Crippen molar-refractivity contribution in [3.8, 4) is 11.5 Å². The van der Waals surface area contributed by atoms with E-state index in [9.17, 15) is 23.9 Å². The molecule has 1 aromatic rings. The maximum atomic E-state index is 15.0. The number of benzene rings is 1. The van der Waals surface area contributed by atoms with Gasteiger partial charge in [0, 0.05) is 18.2 Å². The van der Waals surface area contributed by atoms with Crippen LogP contribution in [0.25, 0.3) is 0 Å². The number of methoxy groups -OCH3 is 1. The Morgan fingerprint density at radius 2 is 1.62 bits per heavy atom. The summed E-state index contributed by atoms with van der Waals surface area (Å²) < 4.78 is 26.3. The third kappa shape index (κ3) is 6.08. The Bertz CT molecular complexity index is 1110. The number of rotatable bonds is 10. The van der Waals surface area contributed by atoms with Crippen LogP contribution in [0.4, 0.5) is 4.39 Å². The molecule has 3 N–H and O–H groups in total.